The lowest BCUT2D eigenvalue weighted by atomic mass is 9.75. The highest BCUT2D eigenvalue weighted by molar-refractivity contribution is 14.1. The number of halogens is 1. The molecule has 2 rings (SSSR count). The first kappa shape index (κ1) is 18.8. The molecule has 2 fully saturated rings. The number of Topliss-reactive ketones (excluding diaryl/α,β-unsaturated/α-hetero) is 2. The van der Waals surface area contributed by atoms with E-state index in [9.17, 15) is 14.4 Å². The van der Waals surface area contributed by atoms with E-state index < -0.39 is 27.7 Å². The Hall–Kier alpha value is -0.540. The van der Waals surface area contributed by atoms with Crippen molar-refractivity contribution in [3.05, 3.63) is 0 Å². The number of fused-ring (bicyclic) bond motifs is 2. The van der Waals surface area contributed by atoms with Crippen molar-refractivity contribution in [2.75, 3.05) is 6.61 Å². The van der Waals surface area contributed by atoms with Gasteiger partial charge in [0.05, 0.1) is 12.2 Å². The molecular weight excluding hydrogens is 415 g/mol. The molecule has 0 radical (unpaired) electrons. The molecule has 2 bridgehead atoms. The highest BCUT2D eigenvalue weighted by Crippen LogP contribution is 2.45. The largest absolute Gasteiger partial charge is 0.435 e. The van der Waals surface area contributed by atoms with Gasteiger partial charge in [-0.3, -0.25) is 14.4 Å². The number of hydrogen-bond donors (Lipinski definition) is 0. The molecule has 0 aliphatic carbocycles. The van der Waals surface area contributed by atoms with Crippen molar-refractivity contribution in [2.24, 2.45) is 11.3 Å². The van der Waals surface area contributed by atoms with Crippen LogP contribution in [0.15, 0.2) is 0 Å². The van der Waals surface area contributed by atoms with Gasteiger partial charge in [0.1, 0.15) is 9.34 Å². The second-order valence-electron chi connectivity index (χ2n) is 6.34. The first-order chi connectivity index (χ1) is 10.7. The molecule has 0 amide bonds. The molecule has 6 nitrogen and oxygen atoms in total. The van der Waals surface area contributed by atoms with Crippen LogP contribution in [-0.4, -0.2) is 46.6 Å². The van der Waals surface area contributed by atoms with E-state index in [4.69, 9.17) is 14.2 Å². The summed E-state index contributed by atoms with van der Waals surface area (Å²) in [6, 6.07) is 0. The van der Waals surface area contributed by atoms with Crippen molar-refractivity contribution in [1.29, 1.82) is 0 Å². The Morgan fingerprint density at radius 1 is 1.43 bits per heavy atom. The van der Waals surface area contributed by atoms with E-state index in [0.29, 0.717) is 12.8 Å². The van der Waals surface area contributed by atoms with E-state index in [1.807, 2.05) is 29.5 Å². The molecule has 2 saturated heterocycles. The van der Waals surface area contributed by atoms with Crippen molar-refractivity contribution in [3.63, 3.8) is 0 Å². The average molecular weight is 438 g/mol. The van der Waals surface area contributed by atoms with Crippen LogP contribution in [0.1, 0.15) is 40.5 Å². The van der Waals surface area contributed by atoms with Crippen LogP contribution in [0.3, 0.4) is 0 Å². The normalized spacial score (nSPS) is 38.8. The summed E-state index contributed by atoms with van der Waals surface area (Å²) in [6.07, 6.45) is -0.332. The monoisotopic (exact) mass is 438 g/mol. The van der Waals surface area contributed by atoms with Gasteiger partial charge in [0.25, 0.3) is 0 Å². The molecule has 0 spiro atoms. The maximum absolute atomic E-state index is 13.1. The van der Waals surface area contributed by atoms with E-state index in [-0.39, 0.29) is 30.2 Å². The number of rotatable bonds is 4. The highest BCUT2D eigenvalue weighted by atomic mass is 127. The maximum Gasteiger partial charge on any atom is 0.304 e. The zero-order valence-corrected chi connectivity index (χ0v) is 16.0. The third kappa shape index (κ3) is 3.32. The number of ether oxygens (including phenoxy) is 3. The third-order valence-corrected chi connectivity index (χ3v) is 6.00. The molecule has 6 atom stereocenters. The molecule has 0 saturated carbocycles. The molecule has 0 N–H and O–H groups in total. The standard InChI is InChI=1S/C16H23IO6/c1-5-21-15(22-9(3)18)16(4)11-7-6-10(23-11)8(2)13(19)12(17)14(16)20/h8,10-12,15H,5-7H2,1-4H3/t8-,10+,11-,12-,15-,16-/m1/s1. The van der Waals surface area contributed by atoms with Crippen molar-refractivity contribution in [3.8, 4) is 0 Å². The van der Waals surface area contributed by atoms with Crippen molar-refractivity contribution >= 4 is 40.1 Å². The Morgan fingerprint density at radius 2 is 2.09 bits per heavy atom. The zero-order chi connectivity index (χ0) is 17.4. The molecule has 2 aliphatic rings. The highest BCUT2D eigenvalue weighted by Gasteiger charge is 2.58. The lowest BCUT2D eigenvalue weighted by molar-refractivity contribution is -0.225. The lowest BCUT2D eigenvalue weighted by Gasteiger charge is -2.41. The van der Waals surface area contributed by atoms with Gasteiger partial charge in [-0.15, -0.1) is 0 Å². The fraction of sp³-hybridized carbons (Fsp3) is 0.812. The van der Waals surface area contributed by atoms with Gasteiger partial charge in [-0.2, -0.15) is 0 Å². The molecule has 23 heavy (non-hydrogen) atoms. The summed E-state index contributed by atoms with van der Waals surface area (Å²) in [4.78, 5) is 37.1. The van der Waals surface area contributed by atoms with Crippen LogP contribution >= 0.6 is 22.6 Å². The molecular formula is C16H23IO6. The number of hydrogen-bond acceptors (Lipinski definition) is 6. The Balaban J connectivity index is 2.44. The quantitative estimate of drug-likeness (QED) is 0.220. The van der Waals surface area contributed by atoms with E-state index in [2.05, 4.69) is 0 Å². The van der Waals surface area contributed by atoms with Gasteiger partial charge in [-0.05, 0) is 26.7 Å². The minimum Gasteiger partial charge on any atom is -0.435 e. The number of carbonyl (C=O) groups is 3. The van der Waals surface area contributed by atoms with E-state index in [1.54, 1.807) is 13.8 Å². The van der Waals surface area contributed by atoms with Crippen LogP contribution in [0.4, 0.5) is 0 Å². The topological polar surface area (TPSA) is 78.9 Å². The minimum absolute atomic E-state index is 0.134. The zero-order valence-electron chi connectivity index (χ0n) is 13.8. The number of carbonyl (C=O) groups excluding carboxylic acids is 3. The molecule has 2 heterocycles. The van der Waals surface area contributed by atoms with Crippen molar-refractivity contribution in [1.82, 2.24) is 0 Å². The summed E-state index contributed by atoms with van der Waals surface area (Å²) in [5.41, 5.74) is -1.20. The van der Waals surface area contributed by atoms with E-state index in [1.165, 1.54) is 6.92 Å². The molecule has 0 unspecified atom stereocenters. The van der Waals surface area contributed by atoms with Crippen molar-refractivity contribution < 1.29 is 28.6 Å². The molecule has 7 heteroatoms. The summed E-state index contributed by atoms with van der Waals surface area (Å²) in [7, 11) is 0. The smallest absolute Gasteiger partial charge is 0.304 e. The first-order valence-electron chi connectivity index (χ1n) is 7.89. The van der Waals surface area contributed by atoms with Crippen LogP contribution in [0, 0.1) is 11.3 Å². The second kappa shape index (κ2) is 7.14. The number of ketones is 2. The lowest BCUT2D eigenvalue weighted by Crippen LogP contribution is -2.57. The van der Waals surface area contributed by atoms with E-state index in [0.717, 1.165) is 0 Å². The van der Waals surface area contributed by atoms with Gasteiger partial charge < -0.3 is 14.2 Å². The third-order valence-electron chi connectivity index (χ3n) is 4.82. The first-order valence-corrected chi connectivity index (χ1v) is 9.14. The molecule has 2 aliphatic heterocycles. The average Bonchev–Trinajstić information content (AvgIpc) is 3.00. The summed E-state index contributed by atoms with van der Waals surface area (Å²) in [5.74, 6) is -1.27. The van der Waals surface area contributed by atoms with E-state index >= 15 is 0 Å². The summed E-state index contributed by atoms with van der Waals surface area (Å²) < 4.78 is 16.1. The van der Waals surface area contributed by atoms with Gasteiger partial charge in [-0.1, -0.05) is 29.5 Å². The summed E-state index contributed by atoms with van der Waals surface area (Å²) >= 11 is 1.88. The fourth-order valence-electron chi connectivity index (χ4n) is 3.35. The van der Waals surface area contributed by atoms with Gasteiger partial charge >= 0.3 is 5.97 Å². The SMILES string of the molecule is CCO[C@H](OC(C)=O)[C@@]1(C)C(=O)[C@H](I)C(=O)[C@H](C)[C@@H]2CC[C@H]1O2. The van der Waals surface area contributed by atoms with Gasteiger partial charge in [-0.25, -0.2) is 0 Å². The molecule has 0 aromatic heterocycles. The van der Waals surface area contributed by atoms with Crippen LogP contribution in [0.2, 0.25) is 0 Å². The summed E-state index contributed by atoms with van der Waals surface area (Å²) in [5, 5.41) is 0. The van der Waals surface area contributed by atoms with Crippen LogP contribution in [0.25, 0.3) is 0 Å². The Morgan fingerprint density at radius 3 is 2.65 bits per heavy atom. The van der Waals surface area contributed by atoms with Crippen molar-refractivity contribution in [2.45, 2.75) is 63.0 Å². The predicted molar refractivity (Wildman–Crippen MR) is 90.2 cm³/mol. The number of esters is 1. The van der Waals surface area contributed by atoms with Gasteiger partial charge in [0.2, 0.25) is 6.29 Å². The fourth-order valence-corrected chi connectivity index (χ4v) is 4.58. The predicted octanol–water partition coefficient (Wildman–Crippen LogP) is 2.06. The number of alkyl halides is 1. The van der Waals surface area contributed by atoms with Crippen LogP contribution in [0.5, 0.6) is 0 Å². The molecule has 0 aromatic carbocycles. The minimum atomic E-state index is -1.20. The van der Waals surface area contributed by atoms with Crippen LogP contribution < -0.4 is 0 Å². The maximum atomic E-state index is 13.1. The van der Waals surface area contributed by atoms with Gasteiger partial charge in [0, 0.05) is 19.4 Å². The second-order valence-corrected chi connectivity index (χ2v) is 7.58. The Bertz CT molecular complexity index is 507. The summed E-state index contributed by atoms with van der Waals surface area (Å²) in [6.45, 7) is 6.81. The Kier molecular flexibility index (Phi) is 5.84. The molecule has 0 aromatic rings. The molecule has 130 valence electrons. The van der Waals surface area contributed by atoms with Gasteiger partial charge in [0.15, 0.2) is 11.6 Å². The Labute approximate surface area is 149 Å². The van der Waals surface area contributed by atoms with Crippen LogP contribution in [-0.2, 0) is 28.6 Å².